The monoisotopic (exact) mass is 372 g/mol. The fraction of sp³-hybridized carbons (Fsp3) is 0.571. The van der Waals surface area contributed by atoms with E-state index in [0.29, 0.717) is 18.7 Å². The zero-order valence-corrected chi connectivity index (χ0v) is 16.3. The molecule has 0 radical (unpaired) electrons. The molecule has 1 saturated heterocycles. The third kappa shape index (κ3) is 3.57. The molecular formula is C21H28N2O4. The highest BCUT2D eigenvalue weighted by atomic mass is 16.3. The third-order valence-corrected chi connectivity index (χ3v) is 6.03. The predicted molar refractivity (Wildman–Crippen MR) is 102 cm³/mol. The third-order valence-electron chi connectivity index (χ3n) is 6.03. The number of carbonyl (C=O) groups is 3. The summed E-state index contributed by atoms with van der Waals surface area (Å²) >= 11 is 0. The average molecular weight is 372 g/mol. The van der Waals surface area contributed by atoms with E-state index < -0.39 is 0 Å². The summed E-state index contributed by atoms with van der Waals surface area (Å²) in [4.78, 5) is 41.1. The van der Waals surface area contributed by atoms with Crippen molar-refractivity contribution in [3.05, 3.63) is 29.3 Å². The Labute approximate surface area is 160 Å². The highest BCUT2D eigenvalue weighted by Gasteiger charge is 2.44. The average Bonchev–Trinajstić information content (AvgIpc) is 3.14. The summed E-state index contributed by atoms with van der Waals surface area (Å²) in [5, 5.41) is 10.1. The van der Waals surface area contributed by atoms with Gasteiger partial charge < -0.3 is 14.9 Å². The van der Waals surface area contributed by atoms with E-state index in [-0.39, 0.29) is 46.9 Å². The maximum atomic E-state index is 13.1. The van der Waals surface area contributed by atoms with Gasteiger partial charge in [-0.15, -0.1) is 0 Å². The molecule has 1 saturated carbocycles. The first-order chi connectivity index (χ1) is 12.8. The number of amides is 2. The van der Waals surface area contributed by atoms with Gasteiger partial charge in [0, 0.05) is 24.6 Å². The predicted octanol–water partition coefficient (Wildman–Crippen LogP) is 2.85. The van der Waals surface area contributed by atoms with Gasteiger partial charge in [0.1, 0.15) is 5.75 Å². The van der Waals surface area contributed by atoms with Crippen LogP contribution in [-0.4, -0.2) is 57.7 Å². The molecule has 3 atom stereocenters. The second kappa shape index (κ2) is 7.71. The van der Waals surface area contributed by atoms with Crippen LogP contribution in [0.2, 0.25) is 0 Å². The fourth-order valence-electron chi connectivity index (χ4n) is 4.31. The van der Waals surface area contributed by atoms with Gasteiger partial charge in [0.05, 0.1) is 17.6 Å². The summed E-state index contributed by atoms with van der Waals surface area (Å²) in [5.74, 6) is -0.357. The summed E-state index contributed by atoms with van der Waals surface area (Å²) in [6.45, 7) is 6.41. The SMILES string of the molecule is CCC(C)C(=O)N1CCN(C(=O)c2ccc(C(C)=O)c(O)c2)[C@@H]2CCC[C@@H]21. The summed E-state index contributed by atoms with van der Waals surface area (Å²) in [7, 11) is 0. The topological polar surface area (TPSA) is 77.9 Å². The molecule has 0 spiro atoms. The van der Waals surface area contributed by atoms with E-state index in [2.05, 4.69) is 0 Å². The van der Waals surface area contributed by atoms with Crippen molar-refractivity contribution >= 4 is 17.6 Å². The van der Waals surface area contributed by atoms with Crippen molar-refractivity contribution in [3.63, 3.8) is 0 Å². The lowest BCUT2D eigenvalue weighted by molar-refractivity contribution is -0.140. The Kier molecular flexibility index (Phi) is 5.53. The first-order valence-corrected chi connectivity index (χ1v) is 9.80. The molecule has 1 aliphatic heterocycles. The maximum absolute atomic E-state index is 13.1. The Morgan fingerprint density at radius 1 is 1.15 bits per heavy atom. The lowest BCUT2D eigenvalue weighted by atomic mass is 9.99. The van der Waals surface area contributed by atoms with Crippen molar-refractivity contribution in [2.24, 2.45) is 5.92 Å². The van der Waals surface area contributed by atoms with Gasteiger partial charge in [-0.1, -0.05) is 13.8 Å². The van der Waals surface area contributed by atoms with Crippen molar-refractivity contribution in [2.45, 2.75) is 58.5 Å². The minimum Gasteiger partial charge on any atom is -0.507 e. The van der Waals surface area contributed by atoms with Crippen molar-refractivity contribution < 1.29 is 19.5 Å². The number of Topliss-reactive ketones (excluding diaryl/α,β-unsaturated/α-hetero) is 1. The minimum atomic E-state index is -0.237. The molecule has 27 heavy (non-hydrogen) atoms. The molecule has 1 N–H and O–H groups in total. The van der Waals surface area contributed by atoms with Crippen LogP contribution in [0, 0.1) is 5.92 Å². The van der Waals surface area contributed by atoms with Gasteiger partial charge in [-0.05, 0) is 50.8 Å². The zero-order chi connectivity index (χ0) is 19.7. The van der Waals surface area contributed by atoms with Gasteiger partial charge in [-0.25, -0.2) is 0 Å². The van der Waals surface area contributed by atoms with Crippen molar-refractivity contribution in [1.29, 1.82) is 0 Å². The molecule has 2 amide bonds. The van der Waals surface area contributed by atoms with Crippen LogP contribution in [-0.2, 0) is 4.79 Å². The lowest BCUT2D eigenvalue weighted by Crippen LogP contribution is -2.61. The Balaban J connectivity index is 1.80. The molecule has 6 heteroatoms. The smallest absolute Gasteiger partial charge is 0.254 e. The molecule has 3 rings (SSSR count). The number of phenols is 1. The number of carbonyl (C=O) groups excluding carboxylic acids is 3. The maximum Gasteiger partial charge on any atom is 0.254 e. The normalized spacial score (nSPS) is 23.1. The number of ketones is 1. The summed E-state index contributed by atoms with van der Waals surface area (Å²) in [6.07, 6.45) is 3.62. The van der Waals surface area contributed by atoms with Gasteiger partial charge in [0.25, 0.3) is 5.91 Å². The Hall–Kier alpha value is -2.37. The second-order valence-corrected chi connectivity index (χ2v) is 7.69. The van der Waals surface area contributed by atoms with Crippen LogP contribution in [0.1, 0.15) is 67.2 Å². The molecule has 1 heterocycles. The Morgan fingerprint density at radius 2 is 1.78 bits per heavy atom. The molecule has 2 aliphatic rings. The van der Waals surface area contributed by atoms with E-state index in [0.717, 1.165) is 25.7 Å². The highest BCUT2D eigenvalue weighted by molar-refractivity contribution is 6.00. The molecule has 0 aromatic heterocycles. The molecule has 1 aliphatic carbocycles. The number of phenolic OH excluding ortho intramolecular Hbond substituents is 1. The van der Waals surface area contributed by atoms with E-state index >= 15 is 0 Å². The molecule has 2 fully saturated rings. The van der Waals surface area contributed by atoms with Crippen LogP contribution in [0.5, 0.6) is 5.75 Å². The van der Waals surface area contributed by atoms with Crippen LogP contribution in [0.15, 0.2) is 18.2 Å². The Morgan fingerprint density at radius 3 is 2.37 bits per heavy atom. The zero-order valence-electron chi connectivity index (χ0n) is 16.3. The van der Waals surface area contributed by atoms with Gasteiger partial charge in [-0.3, -0.25) is 14.4 Å². The van der Waals surface area contributed by atoms with Gasteiger partial charge in [0.15, 0.2) is 5.78 Å². The summed E-state index contributed by atoms with van der Waals surface area (Å²) in [6, 6.07) is 4.57. The van der Waals surface area contributed by atoms with Gasteiger partial charge in [-0.2, -0.15) is 0 Å². The molecule has 1 aromatic rings. The number of hydrogen-bond acceptors (Lipinski definition) is 4. The van der Waals surface area contributed by atoms with Crippen LogP contribution < -0.4 is 0 Å². The molecule has 0 bridgehead atoms. The number of nitrogens with zero attached hydrogens (tertiary/aromatic N) is 2. The quantitative estimate of drug-likeness (QED) is 0.825. The van der Waals surface area contributed by atoms with Crippen LogP contribution in [0.25, 0.3) is 0 Å². The van der Waals surface area contributed by atoms with Crippen LogP contribution in [0.4, 0.5) is 0 Å². The van der Waals surface area contributed by atoms with E-state index in [1.807, 2.05) is 23.6 Å². The standard InChI is InChI=1S/C21H28N2O4/c1-4-13(2)20(26)22-10-11-23(18-7-5-6-17(18)22)21(27)15-8-9-16(14(3)24)19(25)12-15/h8-9,12-13,17-18,25H,4-7,10-11H2,1-3H3/t13?,17-,18+/m0/s1. The van der Waals surface area contributed by atoms with Crippen molar-refractivity contribution in [1.82, 2.24) is 9.80 Å². The lowest BCUT2D eigenvalue weighted by Gasteiger charge is -2.45. The molecular weight excluding hydrogens is 344 g/mol. The number of benzene rings is 1. The first-order valence-electron chi connectivity index (χ1n) is 9.80. The van der Waals surface area contributed by atoms with Crippen molar-refractivity contribution in [2.75, 3.05) is 13.1 Å². The Bertz CT molecular complexity index is 761. The molecule has 1 aromatic carbocycles. The summed E-state index contributed by atoms with van der Waals surface area (Å²) < 4.78 is 0. The fourth-order valence-corrected chi connectivity index (χ4v) is 4.31. The van der Waals surface area contributed by atoms with Gasteiger partial charge in [0.2, 0.25) is 5.91 Å². The highest BCUT2D eigenvalue weighted by Crippen LogP contribution is 2.34. The number of hydrogen-bond donors (Lipinski definition) is 1. The molecule has 1 unspecified atom stereocenters. The van der Waals surface area contributed by atoms with Crippen LogP contribution >= 0.6 is 0 Å². The van der Waals surface area contributed by atoms with Crippen LogP contribution in [0.3, 0.4) is 0 Å². The largest absolute Gasteiger partial charge is 0.507 e. The first kappa shape index (κ1) is 19.4. The molecule has 146 valence electrons. The minimum absolute atomic E-state index is 0.00424. The van der Waals surface area contributed by atoms with E-state index in [1.165, 1.54) is 19.1 Å². The van der Waals surface area contributed by atoms with E-state index in [9.17, 15) is 19.5 Å². The van der Waals surface area contributed by atoms with E-state index in [1.54, 1.807) is 6.07 Å². The second-order valence-electron chi connectivity index (χ2n) is 7.69. The van der Waals surface area contributed by atoms with Crippen molar-refractivity contribution in [3.8, 4) is 5.75 Å². The number of piperazine rings is 1. The number of aromatic hydroxyl groups is 1. The van der Waals surface area contributed by atoms with Gasteiger partial charge >= 0.3 is 0 Å². The number of fused-ring (bicyclic) bond motifs is 1. The molecule has 6 nitrogen and oxygen atoms in total. The number of rotatable bonds is 4. The van der Waals surface area contributed by atoms with E-state index in [4.69, 9.17) is 0 Å². The summed E-state index contributed by atoms with van der Waals surface area (Å²) in [5.41, 5.74) is 0.596.